The molecule has 0 aliphatic heterocycles. The highest BCUT2D eigenvalue weighted by Crippen LogP contribution is 2.16. The summed E-state index contributed by atoms with van der Waals surface area (Å²) in [4.78, 5) is 37.8. The van der Waals surface area contributed by atoms with Gasteiger partial charge in [-0.1, -0.05) is 36.4 Å². The lowest BCUT2D eigenvalue weighted by molar-refractivity contribution is -0.123. The van der Waals surface area contributed by atoms with Gasteiger partial charge in [0.25, 0.3) is 5.91 Å². The largest absolute Gasteiger partial charge is 0.378 e. The molecule has 0 spiro atoms. The fourth-order valence-corrected chi connectivity index (χ4v) is 2.54. The zero-order chi connectivity index (χ0) is 19.8. The van der Waals surface area contributed by atoms with Crippen LogP contribution in [0, 0.1) is 0 Å². The van der Waals surface area contributed by atoms with Crippen LogP contribution in [-0.2, 0) is 9.59 Å². The van der Waals surface area contributed by atoms with Crippen LogP contribution in [0.25, 0.3) is 0 Å². The summed E-state index contributed by atoms with van der Waals surface area (Å²) >= 11 is 0. The van der Waals surface area contributed by atoms with Crippen molar-refractivity contribution in [3.05, 3.63) is 65.7 Å². The maximum atomic E-state index is 12.2. The summed E-state index contributed by atoms with van der Waals surface area (Å²) in [5.74, 6) is -1.06. The van der Waals surface area contributed by atoms with Gasteiger partial charge in [0.15, 0.2) is 0 Å². The van der Waals surface area contributed by atoms with Crippen molar-refractivity contribution in [1.29, 1.82) is 0 Å². The molecule has 0 radical (unpaired) electrons. The second-order valence-corrected chi connectivity index (χ2v) is 6.31. The van der Waals surface area contributed by atoms with Crippen molar-refractivity contribution in [3.8, 4) is 0 Å². The van der Waals surface area contributed by atoms with Gasteiger partial charge in [0.2, 0.25) is 11.8 Å². The van der Waals surface area contributed by atoms with Crippen LogP contribution in [0.4, 0.5) is 5.69 Å². The van der Waals surface area contributed by atoms with Gasteiger partial charge in [-0.2, -0.15) is 0 Å². The number of amides is 3. The summed E-state index contributed by atoms with van der Waals surface area (Å²) in [6.07, 6.45) is 0.00160. The quantitative estimate of drug-likeness (QED) is 0.678. The molecule has 1 unspecified atom stereocenters. The fraction of sp³-hybridized carbons (Fsp3) is 0.250. The molecule has 2 rings (SSSR count). The van der Waals surface area contributed by atoms with Crippen LogP contribution in [0.1, 0.15) is 35.3 Å². The van der Waals surface area contributed by atoms with Gasteiger partial charge in [-0.3, -0.25) is 25.2 Å². The summed E-state index contributed by atoms with van der Waals surface area (Å²) in [7, 11) is 3.76. The number of benzene rings is 2. The van der Waals surface area contributed by atoms with Gasteiger partial charge in [-0.15, -0.1) is 0 Å². The van der Waals surface area contributed by atoms with E-state index in [-0.39, 0.29) is 12.3 Å². The third-order valence-electron chi connectivity index (χ3n) is 3.91. The molecule has 0 aliphatic carbocycles. The van der Waals surface area contributed by atoms with E-state index >= 15 is 0 Å². The number of nitrogens with one attached hydrogen (secondary N) is 3. The predicted molar refractivity (Wildman–Crippen MR) is 104 cm³/mol. The lowest BCUT2D eigenvalue weighted by Gasteiger charge is -2.18. The number of hydrogen-bond acceptors (Lipinski definition) is 4. The summed E-state index contributed by atoms with van der Waals surface area (Å²) in [6, 6.07) is 15.8. The van der Waals surface area contributed by atoms with Crippen molar-refractivity contribution < 1.29 is 14.4 Å². The molecule has 0 aromatic heterocycles. The molecule has 1 atom stereocenters. The van der Waals surface area contributed by atoms with Gasteiger partial charge in [0.05, 0.1) is 12.5 Å². The zero-order valence-electron chi connectivity index (χ0n) is 15.7. The van der Waals surface area contributed by atoms with E-state index in [0.29, 0.717) is 5.56 Å². The van der Waals surface area contributed by atoms with Crippen molar-refractivity contribution >= 4 is 23.4 Å². The lowest BCUT2D eigenvalue weighted by Crippen LogP contribution is -2.43. The first kappa shape index (κ1) is 20.0. The van der Waals surface area contributed by atoms with Crippen LogP contribution in [0.15, 0.2) is 54.6 Å². The molecule has 7 nitrogen and oxygen atoms in total. The molecule has 3 N–H and O–H groups in total. The summed E-state index contributed by atoms with van der Waals surface area (Å²) < 4.78 is 0. The second-order valence-electron chi connectivity index (χ2n) is 6.31. The number of anilines is 1. The Morgan fingerprint density at radius 2 is 1.67 bits per heavy atom. The molecule has 0 fully saturated rings. The highest BCUT2D eigenvalue weighted by Gasteiger charge is 2.17. The first-order chi connectivity index (χ1) is 12.9. The molecule has 2 aromatic carbocycles. The zero-order valence-corrected chi connectivity index (χ0v) is 15.7. The van der Waals surface area contributed by atoms with Gasteiger partial charge in [0.1, 0.15) is 0 Å². The van der Waals surface area contributed by atoms with Crippen molar-refractivity contribution in [2.24, 2.45) is 0 Å². The van der Waals surface area contributed by atoms with E-state index in [0.717, 1.165) is 11.3 Å². The van der Waals surface area contributed by atoms with Gasteiger partial charge in [0, 0.05) is 32.3 Å². The average molecular weight is 368 g/mol. The first-order valence-corrected chi connectivity index (χ1v) is 8.55. The maximum absolute atomic E-state index is 12.2. The fourth-order valence-electron chi connectivity index (χ4n) is 2.54. The Morgan fingerprint density at radius 1 is 0.963 bits per heavy atom. The smallest absolute Gasteiger partial charge is 0.269 e. The topological polar surface area (TPSA) is 90.5 Å². The molecule has 7 heteroatoms. The van der Waals surface area contributed by atoms with Gasteiger partial charge < -0.3 is 10.2 Å². The van der Waals surface area contributed by atoms with E-state index in [1.165, 1.54) is 6.92 Å². The maximum Gasteiger partial charge on any atom is 0.269 e. The van der Waals surface area contributed by atoms with Crippen molar-refractivity contribution in [2.75, 3.05) is 19.0 Å². The Bertz CT molecular complexity index is 806. The van der Waals surface area contributed by atoms with Crippen LogP contribution in [0.2, 0.25) is 0 Å². The third-order valence-corrected chi connectivity index (χ3v) is 3.91. The number of hydrogen-bond donors (Lipinski definition) is 3. The first-order valence-electron chi connectivity index (χ1n) is 8.55. The van der Waals surface area contributed by atoms with E-state index in [1.54, 1.807) is 18.2 Å². The Hall–Kier alpha value is -3.35. The van der Waals surface area contributed by atoms with Crippen LogP contribution in [-0.4, -0.2) is 31.8 Å². The predicted octanol–water partition coefficient (Wildman–Crippen LogP) is 1.78. The van der Waals surface area contributed by atoms with E-state index in [2.05, 4.69) is 16.2 Å². The number of rotatable bonds is 6. The van der Waals surface area contributed by atoms with Crippen LogP contribution < -0.4 is 21.1 Å². The Balaban J connectivity index is 1.96. The second kappa shape index (κ2) is 9.38. The SMILES string of the molecule is CC(=O)NC(CC(=O)NNC(=O)c1cccc(N(C)C)c1)c1ccccc1. The van der Waals surface area contributed by atoms with Crippen molar-refractivity contribution in [1.82, 2.24) is 16.2 Å². The molecule has 0 saturated heterocycles. The van der Waals surface area contributed by atoms with Gasteiger partial charge in [-0.25, -0.2) is 0 Å². The summed E-state index contributed by atoms with van der Waals surface area (Å²) in [6.45, 7) is 1.40. The third kappa shape index (κ3) is 6.14. The lowest BCUT2D eigenvalue weighted by atomic mass is 10.0. The molecule has 3 amide bonds. The van der Waals surface area contributed by atoms with Crippen molar-refractivity contribution in [2.45, 2.75) is 19.4 Å². The normalized spacial score (nSPS) is 11.2. The molecular weight excluding hydrogens is 344 g/mol. The van der Waals surface area contributed by atoms with E-state index < -0.39 is 17.9 Å². The summed E-state index contributed by atoms with van der Waals surface area (Å²) in [5.41, 5.74) is 6.93. The average Bonchev–Trinajstić information content (AvgIpc) is 2.66. The number of carbonyl (C=O) groups excluding carboxylic acids is 3. The Morgan fingerprint density at radius 3 is 2.30 bits per heavy atom. The number of carbonyl (C=O) groups is 3. The highest BCUT2D eigenvalue weighted by molar-refractivity contribution is 5.96. The van der Waals surface area contributed by atoms with E-state index in [9.17, 15) is 14.4 Å². The molecule has 0 heterocycles. The van der Waals surface area contributed by atoms with Crippen LogP contribution in [0.5, 0.6) is 0 Å². The van der Waals surface area contributed by atoms with Gasteiger partial charge >= 0.3 is 0 Å². The highest BCUT2D eigenvalue weighted by atomic mass is 16.2. The Labute approximate surface area is 158 Å². The minimum Gasteiger partial charge on any atom is -0.378 e. The van der Waals surface area contributed by atoms with Crippen LogP contribution >= 0.6 is 0 Å². The molecular formula is C20H24N4O3. The van der Waals surface area contributed by atoms with E-state index in [1.807, 2.05) is 55.4 Å². The molecule has 0 bridgehead atoms. The minimum absolute atomic E-state index is 0.00160. The monoisotopic (exact) mass is 368 g/mol. The molecule has 2 aromatic rings. The number of nitrogens with zero attached hydrogens (tertiary/aromatic N) is 1. The summed E-state index contributed by atoms with van der Waals surface area (Å²) in [5, 5.41) is 2.75. The standard InChI is InChI=1S/C20H24N4O3/c1-14(25)21-18(15-8-5-4-6-9-15)13-19(26)22-23-20(27)16-10-7-11-17(12-16)24(2)3/h4-12,18H,13H2,1-3H3,(H,21,25)(H,22,26)(H,23,27). The van der Waals surface area contributed by atoms with E-state index in [4.69, 9.17) is 0 Å². The van der Waals surface area contributed by atoms with Gasteiger partial charge in [-0.05, 0) is 23.8 Å². The Kier molecular flexibility index (Phi) is 6.93. The van der Waals surface area contributed by atoms with Crippen molar-refractivity contribution in [3.63, 3.8) is 0 Å². The molecule has 0 aliphatic rings. The minimum atomic E-state index is -0.474. The molecule has 0 saturated carbocycles. The molecule has 142 valence electrons. The van der Waals surface area contributed by atoms with Crippen LogP contribution in [0.3, 0.4) is 0 Å². The number of hydrazine groups is 1. The molecule has 27 heavy (non-hydrogen) atoms.